The first-order valence-corrected chi connectivity index (χ1v) is 11.1. The second-order valence-corrected chi connectivity index (χ2v) is 8.60. The molecular weight excluding hydrogens is 428 g/mol. The van der Waals surface area contributed by atoms with Gasteiger partial charge in [0.15, 0.2) is 11.5 Å². The summed E-state index contributed by atoms with van der Waals surface area (Å²) in [6.45, 7) is 0. The lowest BCUT2D eigenvalue weighted by atomic mass is 9.91. The molecule has 3 N–H and O–H groups in total. The van der Waals surface area contributed by atoms with Gasteiger partial charge in [-0.3, -0.25) is 0 Å². The van der Waals surface area contributed by atoms with Gasteiger partial charge in [-0.05, 0) is 88.2 Å². The van der Waals surface area contributed by atoms with Crippen LogP contribution in [0.3, 0.4) is 0 Å². The molecule has 0 saturated heterocycles. The number of benzene rings is 5. The van der Waals surface area contributed by atoms with Crippen molar-refractivity contribution >= 4 is 21.5 Å². The fraction of sp³-hybridized carbons (Fsp3) is 0.103. The van der Waals surface area contributed by atoms with E-state index in [-0.39, 0.29) is 23.0 Å². The van der Waals surface area contributed by atoms with Gasteiger partial charge in [-0.2, -0.15) is 0 Å². The summed E-state index contributed by atoms with van der Waals surface area (Å²) in [7, 11) is 1.50. The number of aryl methyl sites for hydroxylation is 2. The Hall–Kier alpha value is -4.38. The maximum Gasteiger partial charge on any atom is 0.204 e. The Bertz CT molecular complexity index is 1590. The first kappa shape index (κ1) is 20.2. The molecule has 0 amide bonds. The molecule has 5 heteroatoms. The molecular formula is C29H22O5. The van der Waals surface area contributed by atoms with Gasteiger partial charge in [-0.25, -0.2) is 0 Å². The second-order valence-electron chi connectivity index (χ2n) is 8.60. The van der Waals surface area contributed by atoms with E-state index in [2.05, 4.69) is 0 Å². The number of methoxy groups -OCH3 is 1. The molecule has 0 unspecified atom stereocenters. The molecule has 0 aromatic heterocycles. The van der Waals surface area contributed by atoms with Gasteiger partial charge in [0, 0.05) is 10.9 Å². The van der Waals surface area contributed by atoms with Crippen LogP contribution >= 0.6 is 0 Å². The van der Waals surface area contributed by atoms with E-state index in [9.17, 15) is 15.3 Å². The Morgan fingerprint density at radius 1 is 0.735 bits per heavy atom. The van der Waals surface area contributed by atoms with Gasteiger partial charge < -0.3 is 24.8 Å². The van der Waals surface area contributed by atoms with E-state index in [1.54, 1.807) is 24.3 Å². The minimum Gasteiger partial charge on any atom is -0.508 e. The fourth-order valence-corrected chi connectivity index (χ4v) is 4.87. The normalized spacial score (nSPS) is 12.6. The van der Waals surface area contributed by atoms with E-state index in [1.165, 1.54) is 7.11 Å². The van der Waals surface area contributed by atoms with Gasteiger partial charge in [-0.15, -0.1) is 0 Å². The summed E-state index contributed by atoms with van der Waals surface area (Å²) in [5, 5.41) is 35.1. The smallest absolute Gasteiger partial charge is 0.204 e. The summed E-state index contributed by atoms with van der Waals surface area (Å²) >= 11 is 0. The molecule has 7 rings (SSSR count). The molecule has 0 fully saturated rings. The van der Waals surface area contributed by atoms with Crippen molar-refractivity contribution < 1.29 is 24.8 Å². The average molecular weight is 450 g/mol. The molecule has 2 aliphatic rings. The number of phenols is 3. The van der Waals surface area contributed by atoms with E-state index in [0.717, 1.165) is 44.7 Å². The largest absolute Gasteiger partial charge is 0.508 e. The maximum absolute atomic E-state index is 11.0. The van der Waals surface area contributed by atoms with Crippen molar-refractivity contribution in [1.29, 1.82) is 0 Å². The van der Waals surface area contributed by atoms with E-state index in [0.29, 0.717) is 23.5 Å². The summed E-state index contributed by atoms with van der Waals surface area (Å²) < 4.78 is 11.9. The summed E-state index contributed by atoms with van der Waals surface area (Å²) in [5.41, 5.74) is 3.59. The second kappa shape index (κ2) is 7.59. The number of phenolic OH excluding ortho intramolecular Hbond substituents is 3. The lowest BCUT2D eigenvalue weighted by Crippen LogP contribution is -1.97. The number of ether oxygens (including phenoxy) is 2. The van der Waals surface area contributed by atoms with Crippen LogP contribution in [0, 0.1) is 0 Å². The summed E-state index contributed by atoms with van der Waals surface area (Å²) in [6, 6.07) is 22.2. The Kier molecular flexibility index (Phi) is 4.52. The third-order valence-electron chi connectivity index (χ3n) is 6.54. The highest BCUT2D eigenvalue weighted by atomic mass is 16.5. The van der Waals surface area contributed by atoms with Gasteiger partial charge in [0.2, 0.25) is 5.75 Å². The zero-order chi connectivity index (χ0) is 23.4. The molecule has 0 atom stereocenters. The third-order valence-corrected chi connectivity index (χ3v) is 6.54. The van der Waals surface area contributed by atoms with Crippen molar-refractivity contribution in [1.82, 2.24) is 0 Å². The van der Waals surface area contributed by atoms with E-state index >= 15 is 0 Å². The van der Waals surface area contributed by atoms with Gasteiger partial charge in [0.05, 0.1) is 7.11 Å². The first-order chi connectivity index (χ1) is 16.5. The number of hydrogen-bond acceptors (Lipinski definition) is 5. The molecule has 5 aromatic rings. The van der Waals surface area contributed by atoms with Crippen molar-refractivity contribution in [3.05, 3.63) is 83.9 Å². The molecule has 4 bridgehead atoms. The van der Waals surface area contributed by atoms with Crippen LogP contribution < -0.4 is 9.47 Å². The SMILES string of the molecule is COc1c(O)cc2ccc3cc(O)c4cc3c2c1Oc1ccc(cc1)CCc1cc(O)ccc1-4. The van der Waals surface area contributed by atoms with Gasteiger partial charge in [0.25, 0.3) is 0 Å². The van der Waals surface area contributed by atoms with E-state index in [4.69, 9.17) is 9.47 Å². The molecule has 0 aliphatic carbocycles. The predicted molar refractivity (Wildman–Crippen MR) is 132 cm³/mol. The van der Waals surface area contributed by atoms with Crippen LogP contribution in [0.2, 0.25) is 0 Å². The third kappa shape index (κ3) is 3.17. The number of rotatable bonds is 1. The summed E-state index contributed by atoms with van der Waals surface area (Å²) in [6.07, 6.45) is 1.46. The molecule has 34 heavy (non-hydrogen) atoms. The minimum atomic E-state index is -0.0121. The molecule has 2 heterocycles. The van der Waals surface area contributed by atoms with Crippen LogP contribution in [0.4, 0.5) is 0 Å². The van der Waals surface area contributed by atoms with Crippen LogP contribution in [-0.4, -0.2) is 22.4 Å². The highest BCUT2D eigenvalue weighted by Crippen LogP contribution is 2.49. The van der Waals surface area contributed by atoms with Gasteiger partial charge in [0.1, 0.15) is 17.2 Å². The van der Waals surface area contributed by atoms with Crippen molar-refractivity contribution in [3.63, 3.8) is 0 Å². The van der Waals surface area contributed by atoms with Gasteiger partial charge in [-0.1, -0.05) is 30.3 Å². The topological polar surface area (TPSA) is 79.2 Å². The zero-order valence-electron chi connectivity index (χ0n) is 18.5. The van der Waals surface area contributed by atoms with Crippen LogP contribution in [0.1, 0.15) is 11.1 Å². The number of aromatic hydroxyl groups is 3. The Labute approximate surface area is 196 Å². The van der Waals surface area contributed by atoms with Crippen LogP contribution in [0.25, 0.3) is 32.7 Å². The van der Waals surface area contributed by atoms with E-state index in [1.807, 2.05) is 48.5 Å². The minimum absolute atomic E-state index is 0.0121. The van der Waals surface area contributed by atoms with Crippen LogP contribution in [0.15, 0.2) is 72.8 Å². The predicted octanol–water partition coefficient (Wildman–Crippen LogP) is 6.68. The zero-order valence-corrected chi connectivity index (χ0v) is 18.5. The number of hydrogen-bond donors (Lipinski definition) is 3. The molecule has 5 nitrogen and oxygen atoms in total. The van der Waals surface area contributed by atoms with Crippen LogP contribution in [0.5, 0.6) is 34.5 Å². The first-order valence-electron chi connectivity index (χ1n) is 11.1. The standard InChI is InChI=1S/C29H22O5/c1-33-28-26(32)14-19-7-6-18-13-25(31)24-15-23(18)27(19)29(28)34-21-9-3-16(4-10-21)2-5-17-12-20(30)8-11-22(17)24/h3-4,6-15,30-32H,2,5H2,1H3. The quantitative estimate of drug-likeness (QED) is 0.248. The van der Waals surface area contributed by atoms with Gasteiger partial charge >= 0.3 is 0 Å². The van der Waals surface area contributed by atoms with E-state index < -0.39 is 0 Å². The number of fused-ring (bicyclic) bond motifs is 3. The molecule has 0 saturated carbocycles. The summed E-state index contributed by atoms with van der Waals surface area (Å²) in [4.78, 5) is 0. The lowest BCUT2D eigenvalue weighted by molar-refractivity contribution is 0.351. The Balaban J connectivity index is 1.78. The lowest BCUT2D eigenvalue weighted by Gasteiger charge is -2.19. The van der Waals surface area contributed by atoms with Crippen molar-refractivity contribution in [3.8, 4) is 45.6 Å². The van der Waals surface area contributed by atoms with Crippen molar-refractivity contribution in [2.45, 2.75) is 12.8 Å². The maximum atomic E-state index is 11.0. The fourth-order valence-electron chi connectivity index (χ4n) is 4.87. The highest BCUT2D eigenvalue weighted by Gasteiger charge is 2.21. The molecule has 5 aromatic carbocycles. The summed E-state index contributed by atoms with van der Waals surface area (Å²) in [5.74, 6) is 1.62. The average Bonchev–Trinajstić information content (AvgIpc) is 2.83. The highest BCUT2D eigenvalue weighted by molar-refractivity contribution is 6.14. The molecule has 168 valence electrons. The molecule has 0 radical (unpaired) electrons. The van der Waals surface area contributed by atoms with Crippen LogP contribution in [-0.2, 0) is 12.8 Å². The van der Waals surface area contributed by atoms with Crippen molar-refractivity contribution in [2.75, 3.05) is 7.11 Å². The Morgan fingerprint density at radius 3 is 2.29 bits per heavy atom. The monoisotopic (exact) mass is 450 g/mol. The van der Waals surface area contributed by atoms with Crippen molar-refractivity contribution in [2.24, 2.45) is 0 Å². The molecule has 0 spiro atoms. The molecule has 2 aliphatic heterocycles. The Morgan fingerprint density at radius 2 is 1.50 bits per heavy atom.